The Morgan fingerprint density at radius 3 is 2.65 bits per heavy atom. The quantitative estimate of drug-likeness (QED) is 0.870. The van der Waals surface area contributed by atoms with Gasteiger partial charge in [-0.3, -0.25) is 14.6 Å². The number of nitrogens with one attached hydrogen (secondary N) is 1. The zero-order valence-corrected chi connectivity index (χ0v) is 13.1. The highest BCUT2D eigenvalue weighted by Gasteiger charge is 2.33. The number of aromatic nitrogens is 1. The molecule has 1 saturated heterocycles. The molecule has 6 heteroatoms. The number of nitrogens with zero attached hydrogens (tertiary/aromatic N) is 2. The molecule has 1 saturated carbocycles. The number of piperidine rings is 1. The van der Waals surface area contributed by atoms with Crippen LogP contribution in [-0.2, 0) is 4.79 Å². The van der Waals surface area contributed by atoms with Gasteiger partial charge in [0, 0.05) is 25.2 Å². The Balaban J connectivity index is 1.55. The molecule has 1 aromatic rings. The number of aliphatic hydroxyl groups excluding tert-OH is 1. The van der Waals surface area contributed by atoms with Gasteiger partial charge in [-0.05, 0) is 31.4 Å². The molecule has 2 amide bonds. The fourth-order valence-electron chi connectivity index (χ4n) is 3.42. The van der Waals surface area contributed by atoms with Crippen LogP contribution in [0.4, 0.5) is 0 Å². The maximum atomic E-state index is 12.3. The van der Waals surface area contributed by atoms with Gasteiger partial charge >= 0.3 is 0 Å². The third-order valence-corrected chi connectivity index (χ3v) is 4.81. The first-order chi connectivity index (χ1) is 11.1. The number of carbonyl (C=O) groups is 2. The van der Waals surface area contributed by atoms with Crippen LogP contribution in [0.5, 0.6) is 0 Å². The van der Waals surface area contributed by atoms with Gasteiger partial charge < -0.3 is 15.3 Å². The van der Waals surface area contributed by atoms with Crippen molar-refractivity contribution < 1.29 is 14.7 Å². The molecule has 1 aliphatic carbocycles. The van der Waals surface area contributed by atoms with Crippen molar-refractivity contribution in [2.75, 3.05) is 13.1 Å². The van der Waals surface area contributed by atoms with Gasteiger partial charge in [0.05, 0.1) is 12.1 Å². The summed E-state index contributed by atoms with van der Waals surface area (Å²) in [5.41, 5.74) is 0.383. The summed E-state index contributed by atoms with van der Waals surface area (Å²) in [6, 6.07) is 4.93. The minimum atomic E-state index is -0.734. The average molecular weight is 317 g/mol. The fraction of sp³-hybridized carbons (Fsp3) is 0.588. The van der Waals surface area contributed by atoms with Crippen LogP contribution in [0.1, 0.15) is 42.6 Å². The molecule has 6 nitrogen and oxygen atoms in total. The van der Waals surface area contributed by atoms with Crippen LogP contribution in [0.2, 0.25) is 0 Å². The number of hydrogen-bond donors (Lipinski definition) is 2. The molecular formula is C17H23N3O3. The molecular weight excluding hydrogens is 294 g/mol. The van der Waals surface area contributed by atoms with Gasteiger partial charge in [-0.1, -0.05) is 18.9 Å². The summed E-state index contributed by atoms with van der Waals surface area (Å²) in [4.78, 5) is 30.2. The van der Waals surface area contributed by atoms with Gasteiger partial charge in [-0.25, -0.2) is 0 Å². The summed E-state index contributed by atoms with van der Waals surface area (Å²) in [5.74, 6) is -0.0309. The molecule has 1 aromatic heterocycles. The first kappa shape index (κ1) is 15.9. The Morgan fingerprint density at radius 2 is 2.00 bits per heavy atom. The number of likely N-dealkylation sites (tertiary alicyclic amines) is 1. The van der Waals surface area contributed by atoms with E-state index < -0.39 is 6.10 Å². The van der Waals surface area contributed by atoms with Crippen molar-refractivity contribution in [3.63, 3.8) is 0 Å². The van der Waals surface area contributed by atoms with E-state index in [1.807, 2.05) is 0 Å². The van der Waals surface area contributed by atoms with E-state index in [0.29, 0.717) is 18.7 Å². The lowest BCUT2D eigenvalue weighted by atomic mass is 9.99. The van der Waals surface area contributed by atoms with Crippen molar-refractivity contribution in [2.24, 2.45) is 5.92 Å². The van der Waals surface area contributed by atoms with E-state index in [1.165, 1.54) is 0 Å². The first-order valence-electron chi connectivity index (χ1n) is 8.34. The maximum Gasteiger partial charge on any atom is 0.272 e. The van der Waals surface area contributed by atoms with Gasteiger partial charge in [0.2, 0.25) is 5.91 Å². The smallest absolute Gasteiger partial charge is 0.272 e. The van der Waals surface area contributed by atoms with Crippen LogP contribution >= 0.6 is 0 Å². The van der Waals surface area contributed by atoms with E-state index in [9.17, 15) is 14.7 Å². The summed E-state index contributed by atoms with van der Waals surface area (Å²) in [6.07, 6.45) is 5.52. The molecule has 124 valence electrons. The molecule has 2 heterocycles. The van der Waals surface area contributed by atoms with Gasteiger partial charge in [-0.15, -0.1) is 0 Å². The van der Waals surface area contributed by atoms with Gasteiger partial charge in [0.25, 0.3) is 5.91 Å². The van der Waals surface area contributed by atoms with Crippen molar-refractivity contribution in [1.29, 1.82) is 0 Å². The largest absolute Gasteiger partial charge is 0.389 e. The van der Waals surface area contributed by atoms with Crippen LogP contribution in [-0.4, -0.2) is 52.0 Å². The maximum absolute atomic E-state index is 12.3. The predicted octanol–water partition coefficient (Wildman–Crippen LogP) is 0.963. The Labute approximate surface area is 135 Å². The predicted molar refractivity (Wildman–Crippen MR) is 84.7 cm³/mol. The van der Waals surface area contributed by atoms with Crippen LogP contribution < -0.4 is 5.32 Å². The van der Waals surface area contributed by atoms with Crippen LogP contribution in [0, 0.1) is 5.92 Å². The molecule has 0 radical (unpaired) electrons. The molecule has 2 fully saturated rings. The molecule has 0 spiro atoms. The lowest BCUT2D eigenvalue weighted by Gasteiger charge is -2.36. The molecule has 2 N–H and O–H groups in total. The summed E-state index contributed by atoms with van der Waals surface area (Å²) < 4.78 is 0. The van der Waals surface area contributed by atoms with E-state index in [1.54, 1.807) is 29.3 Å². The Kier molecular flexibility index (Phi) is 4.91. The van der Waals surface area contributed by atoms with Crippen molar-refractivity contribution in [3.8, 4) is 0 Å². The summed E-state index contributed by atoms with van der Waals surface area (Å²) in [7, 11) is 0. The van der Waals surface area contributed by atoms with E-state index in [2.05, 4.69) is 10.3 Å². The standard InChI is InChI=1S/C17H23N3O3/c21-15-11-20(17(23)14-7-3-4-9-18-14)10-8-13(15)19-16(22)12-5-1-2-6-12/h3-4,7,9,12-13,15,21H,1-2,5-6,8,10-11H2,(H,19,22)/t13-,15-/m1/s1. The Morgan fingerprint density at radius 1 is 1.22 bits per heavy atom. The number of β-amino-alcohol motifs (C(OH)–C–C–N with tert-alkyl or cyclic N) is 1. The van der Waals surface area contributed by atoms with E-state index >= 15 is 0 Å². The molecule has 3 rings (SSSR count). The van der Waals surface area contributed by atoms with Crippen LogP contribution in [0.3, 0.4) is 0 Å². The topological polar surface area (TPSA) is 82.5 Å². The number of rotatable bonds is 3. The molecule has 2 atom stereocenters. The van der Waals surface area contributed by atoms with Crippen molar-refractivity contribution in [2.45, 2.75) is 44.2 Å². The van der Waals surface area contributed by atoms with Gasteiger partial charge in [0.15, 0.2) is 0 Å². The van der Waals surface area contributed by atoms with Crippen molar-refractivity contribution in [1.82, 2.24) is 15.2 Å². The molecule has 1 aliphatic heterocycles. The summed E-state index contributed by atoms with van der Waals surface area (Å²) >= 11 is 0. The van der Waals surface area contributed by atoms with Gasteiger partial charge in [0.1, 0.15) is 5.69 Å². The third kappa shape index (κ3) is 3.69. The van der Waals surface area contributed by atoms with Crippen LogP contribution in [0.15, 0.2) is 24.4 Å². The highest BCUT2D eigenvalue weighted by atomic mass is 16.3. The molecule has 0 unspecified atom stereocenters. The highest BCUT2D eigenvalue weighted by molar-refractivity contribution is 5.92. The number of hydrogen-bond acceptors (Lipinski definition) is 4. The number of amides is 2. The minimum absolute atomic E-state index is 0.0519. The normalized spacial score (nSPS) is 25.3. The Hall–Kier alpha value is -1.95. The second-order valence-corrected chi connectivity index (χ2v) is 6.42. The Bertz CT molecular complexity index is 557. The second kappa shape index (κ2) is 7.08. The summed E-state index contributed by atoms with van der Waals surface area (Å²) in [5, 5.41) is 13.3. The second-order valence-electron chi connectivity index (χ2n) is 6.42. The van der Waals surface area contributed by atoms with Crippen molar-refractivity contribution in [3.05, 3.63) is 30.1 Å². The lowest BCUT2D eigenvalue weighted by molar-refractivity contribution is -0.126. The van der Waals surface area contributed by atoms with Crippen LogP contribution in [0.25, 0.3) is 0 Å². The molecule has 23 heavy (non-hydrogen) atoms. The molecule has 2 aliphatic rings. The third-order valence-electron chi connectivity index (χ3n) is 4.81. The van der Waals surface area contributed by atoms with E-state index in [-0.39, 0.29) is 30.3 Å². The first-order valence-corrected chi connectivity index (χ1v) is 8.34. The monoisotopic (exact) mass is 317 g/mol. The highest BCUT2D eigenvalue weighted by Crippen LogP contribution is 2.25. The minimum Gasteiger partial charge on any atom is -0.389 e. The summed E-state index contributed by atoms with van der Waals surface area (Å²) in [6.45, 7) is 0.743. The van der Waals surface area contributed by atoms with E-state index in [0.717, 1.165) is 25.7 Å². The molecule has 0 aromatic carbocycles. The van der Waals surface area contributed by atoms with Crippen molar-refractivity contribution >= 4 is 11.8 Å². The zero-order chi connectivity index (χ0) is 16.2. The fourth-order valence-corrected chi connectivity index (χ4v) is 3.42. The average Bonchev–Trinajstić information content (AvgIpc) is 3.11. The lowest BCUT2D eigenvalue weighted by Crippen LogP contribution is -2.56. The number of aliphatic hydroxyl groups is 1. The SMILES string of the molecule is O=C(N[C@@H]1CCN(C(=O)c2ccccn2)C[C@H]1O)C1CCCC1. The van der Waals surface area contributed by atoms with Gasteiger partial charge in [-0.2, -0.15) is 0 Å². The number of pyridine rings is 1. The zero-order valence-electron chi connectivity index (χ0n) is 13.1. The van der Waals surface area contributed by atoms with E-state index in [4.69, 9.17) is 0 Å². The number of carbonyl (C=O) groups excluding carboxylic acids is 2. The molecule has 0 bridgehead atoms.